The molecule has 3 aromatic carbocycles. The van der Waals surface area contributed by atoms with Crippen LogP contribution >= 0.6 is 11.8 Å². The van der Waals surface area contributed by atoms with E-state index in [9.17, 15) is 10.2 Å². The lowest BCUT2D eigenvalue weighted by atomic mass is 9.84. The molecule has 0 saturated heterocycles. The van der Waals surface area contributed by atoms with Crippen molar-refractivity contribution in [3.63, 3.8) is 0 Å². The Labute approximate surface area is 153 Å². The van der Waals surface area contributed by atoms with Crippen molar-refractivity contribution in [2.75, 3.05) is 12.4 Å². The minimum absolute atomic E-state index is 0.235. The van der Waals surface area contributed by atoms with Crippen LogP contribution in [-0.2, 0) is 4.75 Å². The molecule has 0 heterocycles. The van der Waals surface area contributed by atoms with Gasteiger partial charge in [-0.05, 0) is 16.7 Å². The molecule has 0 amide bonds. The first-order valence-corrected chi connectivity index (χ1v) is 9.35. The van der Waals surface area contributed by atoms with E-state index in [-0.39, 0.29) is 6.61 Å². The zero-order valence-electron chi connectivity index (χ0n) is 14.0. The van der Waals surface area contributed by atoms with Crippen LogP contribution in [0.5, 0.6) is 0 Å². The standard InChI is InChI=1S/C22H22O2S/c23-16-21(24)17-25-22(18-10-4-1-5-11-18,19-12-6-2-7-13-19)20-14-8-3-9-15-20/h1-15,21,23-24H,16-17H2. The minimum atomic E-state index is -0.750. The molecule has 0 aliphatic heterocycles. The number of aliphatic hydroxyl groups is 2. The molecule has 3 heteroatoms. The van der Waals surface area contributed by atoms with Crippen LogP contribution in [-0.4, -0.2) is 28.7 Å². The molecule has 0 saturated carbocycles. The molecular formula is C22H22O2S. The van der Waals surface area contributed by atoms with Crippen molar-refractivity contribution in [3.8, 4) is 0 Å². The summed E-state index contributed by atoms with van der Waals surface area (Å²) in [4.78, 5) is 0. The van der Waals surface area contributed by atoms with Crippen LogP contribution in [0.25, 0.3) is 0 Å². The van der Waals surface area contributed by atoms with E-state index in [4.69, 9.17) is 0 Å². The van der Waals surface area contributed by atoms with Gasteiger partial charge in [-0.2, -0.15) is 0 Å². The summed E-state index contributed by atoms with van der Waals surface area (Å²) < 4.78 is -0.445. The molecule has 0 aliphatic rings. The molecule has 0 spiro atoms. The van der Waals surface area contributed by atoms with Gasteiger partial charge in [-0.15, -0.1) is 11.8 Å². The van der Waals surface area contributed by atoms with Crippen LogP contribution < -0.4 is 0 Å². The van der Waals surface area contributed by atoms with Gasteiger partial charge in [0.15, 0.2) is 0 Å². The predicted molar refractivity (Wildman–Crippen MR) is 105 cm³/mol. The number of thioether (sulfide) groups is 1. The van der Waals surface area contributed by atoms with E-state index < -0.39 is 10.9 Å². The van der Waals surface area contributed by atoms with Gasteiger partial charge < -0.3 is 10.2 Å². The van der Waals surface area contributed by atoms with Gasteiger partial charge in [0.2, 0.25) is 0 Å². The third kappa shape index (κ3) is 3.79. The van der Waals surface area contributed by atoms with Crippen LogP contribution in [0, 0.1) is 0 Å². The summed E-state index contributed by atoms with van der Waals surface area (Å²) >= 11 is 1.65. The van der Waals surface area contributed by atoms with Crippen LogP contribution in [0.4, 0.5) is 0 Å². The second-order valence-corrected chi connectivity index (χ2v) is 7.16. The third-order valence-electron chi connectivity index (χ3n) is 4.24. The molecule has 128 valence electrons. The third-order valence-corrected chi connectivity index (χ3v) is 5.94. The first-order valence-electron chi connectivity index (χ1n) is 8.37. The van der Waals surface area contributed by atoms with Crippen molar-refractivity contribution in [2.45, 2.75) is 10.9 Å². The lowest BCUT2D eigenvalue weighted by Crippen LogP contribution is -2.29. The maximum Gasteiger partial charge on any atom is 0.0907 e. The van der Waals surface area contributed by atoms with Gasteiger partial charge in [-0.3, -0.25) is 0 Å². The molecule has 25 heavy (non-hydrogen) atoms. The fourth-order valence-corrected chi connectivity index (χ4v) is 4.50. The second-order valence-electron chi connectivity index (χ2n) is 5.93. The number of aliphatic hydroxyl groups excluding tert-OH is 2. The van der Waals surface area contributed by atoms with Crippen LogP contribution in [0.15, 0.2) is 91.0 Å². The fourth-order valence-electron chi connectivity index (χ4n) is 3.04. The smallest absolute Gasteiger partial charge is 0.0907 e. The zero-order chi connectivity index (χ0) is 17.5. The highest BCUT2D eigenvalue weighted by atomic mass is 32.2. The van der Waals surface area contributed by atoms with Gasteiger partial charge in [0.1, 0.15) is 0 Å². The van der Waals surface area contributed by atoms with Gasteiger partial charge in [-0.25, -0.2) is 0 Å². The summed E-state index contributed by atoms with van der Waals surface area (Å²) in [5.41, 5.74) is 3.47. The van der Waals surface area contributed by atoms with Crippen molar-refractivity contribution >= 4 is 11.8 Å². The van der Waals surface area contributed by atoms with E-state index in [1.807, 2.05) is 54.6 Å². The monoisotopic (exact) mass is 350 g/mol. The average molecular weight is 350 g/mol. The maximum absolute atomic E-state index is 9.99. The largest absolute Gasteiger partial charge is 0.394 e. The number of benzene rings is 3. The van der Waals surface area contributed by atoms with E-state index >= 15 is 0 Å². The Morgan fingerprint density at radius 1 is 0.680 bits per heavy atom. The van der Waals surface area contributed by atoms with E-state index in [2.05, 4.69) is 36.4 Å². The van der Waals surface area contributed by atoms with E-state index in [0.29, 0.717) is 5.75 Å². The highest BCUT2D eigenvalue weighted by molar-refractivity contribution is 8.00. The van der Waals surface area contributed by atoms with Crippen molar-refractivity contribution in [1.82, 2.24) is 0 Å². The summed E-state index contributed by atoms with van der Waals surface area (Å²) in [6, 6.07) is 31.0. The van der Waals surface area contributed by atoms with Crippen LogP contribution in [0.2, 0.25) is 0 Å². The zero-order valence-corrected chi connectivity index (χ0v) is 14.8. The molecule has 1 atom stereocenters. The van der Waals surface area contributed by atoms with Crippen molar-refractivity contribution < 1.29 is 10.2 Å². The van der Waals surface area contributed by atoms with Gasteiger partial charge in [0.25, 0.3) is 0 Å². The molecule has 3 aromatic rings. The Morgan fingerprint density at radius 2 is 1.04 bits per heavy atom. The quantitative estimate of drug-likeness (QED) is 0.631. The summed E-state index contributed by atoms with van der Waals surface area (Å²) in [7, 11) is 0. The fraction of sp³-hybridized carbons (Fsp3) is 0.182. The molecular weight excluding hydrogens is 328 g/mol. The predicted octanol–water partition coefficient (Wildman–Crippen LogP) is 4.06. The normalized spacial score (nSPS) is 12.7. The summed E-state index contributed by atoms with van der Waals surface area (Å²) in [6.45, 7) is -0.235. The number of rotatable bonds is 7. The molecule has 0 fully saturated rings. The van der Waals surface area contributed by atoms with Gasteiger partial charge in [-0.1, -0.05) is 91.0 Å². The maximum atomic E-state index is 9.99. The van der Waals surface area contributed by atoms with Gasteiger partial charge in [0, 0.05) is 5.75 Å². The second kappa shape index (κ2) is 8.34. The van der Waals surface area contributed by atoms with E-state index in [1.165, 1.54) is 0 Å². The first-order chi connectivity index (χ1) is 12.3. The summed E-state index contributed by atoms with van der Waals surface area (Å²) in [5, 5.41) is 19.3. The number of hydrogen-bond acceptors (Lipinski definition) is 3. The highest BCUT2D eigenvalue weighted by Gasteiger charge is 2.37. The molecule has 3 rings (SSSR count). The molecule has 1 unspecified atom stereocenters. The molecule has 0 aromatic heterocycles. The molecule has 2 N–H and O–H groups in total. The SMILES string of the molecule is OCC(O)CSC(c1ccccc1)(c1ccccc1)c1ccccc1. The topological polar surface area (TPSA) is 40.5 Å². The molecule has 2 nitrogen and oxygen atoms in total. The Hall–Kier alpha value is -2.07. The van der Waals surface area contributed by atoms with Crippen molar-refractivity contribution in [1.29, 1.82) is 0 Å². The van der Waals surface area contributed by atoms with Gasteiger partial charge in [0.05, 0.1) is 17.5 Å². The first kappa shape index (κ1) is 17.7. The Morgan fingerprint density at radius 3 is 1.36 bits per heavy atom. The highest BCUT2D eigenvalue weighted by Crippen LogP contribution is 2.48. The van der Waals surface area contributed by atoms with Crippen LogP contribution in [0.3, 0.4) is 0 Å². The minimum Gasteiger partial charge on any atom is -0.394 e. The van der Waals surface area contributed by atoms with Crippen molar-refractivity contribution in [3.05, 3.63) is 108 Å². The number of hydrogen-bond donors (Lipinski definition) is 2. The Balaban J connectivity index is 2.20. The van der Waals surface area contributed by atoms with E-state index in [0.717, 1.165) is 16.7 Å². The average Bonchev–Trinajstić information content (AvgIpc) is 2.71. The molecule has 0 bridgehead atoms. The Bertz CT molecular complexity index is 663. The lowest BCUT2D eigenvalue weighted by Gasteiger charge is -2.36. The summed E-state index contributed by atoms with van der Waals surface area (Å²) in [6.07, 6.45) is -0.750. The molecule has 0 aliphatic carbocycles. The van der Waals surface area contributed by atoms with Gasteiger partial charge >= 0.3 is 0 Å². The molecule has 0 radical (unpaired) electrons. The van der Waals surface area contributed by atoms with Crippen molar-refractivity contribution in [2.24, 2.45) is 0 Å². The Kier molecular flexibility index (Phi) is 5.92. The lowest BCUT2D eigenvalue weighted by molar-refractivity contribution is 0.113. The summed E-state index contributed by atoms with van der Waals surface area (Å²) in [5.74, 6) is 0.440. The van der Waals surface area contributed by atoms with E-state index in [1.54, 1.807) is 11.8 Å². The van der Waals surface area contributed by atoms with Crippen LogP contribution in [0.1, 0.15) is 16.7 Å².